The van der Waals surface area contributed by atoms with E-state index in [0.29, 0.717) is 6.54 Å². The minimum absolute atomic E-state index is 0.712. The maximum absolute atomic E-state index is 5.98. The molecule has 0 aliphatic rings. The lowest BCUT2D eigenvalue weighted by atomic mass is 10.2. The van der Waals surface area contributed by atoms with Crippen molar-refractivity contribution in [3.63, 3.8) is 0 Å². The topological polar surface area (TPSA) is 12.0 Å². The standard InChI is InChI=1S/C14H12BrCl2N/c1-9-6-11(16)3-5-14(9)18-8-10-7-12(17)2-4-13(10)15/h2-7,18H,8H2,1H3. The molecule has 94 valence electrons. The first-order chi connectivity index (χ1) is 8.56. The molecule has 0 saturated heterocycles. The fourth-order valence-electron chi connectivity index (χ4n) is 1.69. The van der Waals surface area contributed by atoms with Crippen LogP contribution < -0.4 is 5.32 Å². The van der Waals surface area contributed by atoms with Crippen LogP contribution in [-0.4, -0.2) is 0 Å². The van der Waals surface area contributed by atoms with Crippen molar-refractivity contribution < 1.29 is 0 Å². The molecular weight excluding hydrogens is 333 g/mol. The minimum atomic E-state index is 0.712. The Bertz CT molecular complexity index is 570. The zero-order valence-electron chi connectivity index (χ0n) is 9.81. The zero-order chi connectivity index (χ0) is 13.1. The quantitative estimate of drug-likeness (QED) is 0.755. The number of rotatable bonds is 3. The second kappa shape index (κ2) is 5.96. The van der Waals surface area contributed by atoms with Gasteiger partial charge in [-0.25, -0.2) is 0 Å². The lowest BCUT2D eigenvalue weighted by Crippen LogP contribution is -2.01. The van der Waals surface area contributed by atoms with E-state index in [1.807, 2.05) is 43.3 Å². The van der Waals surface area contributed by atoms with Crippen LogP contribution in [0.2, 0.25) is 10.0 Å². The summed E-state index contributed by atoms with van der Waals surface area (Å²) in [7, 11) is 0. The Hall–Kier alpha value is -0.700. The van der Waals surface area contributed by atoms with Crippen LogP contribution in [0, 0.1) is 6.92 Å². The lowest BCUT2D eigenvalue weighted by molar-refractivity contribution is 1.13. The predicted octanol–water partition coefficient (Wildman–Crippen LogP) is 5.68. The van der Waals surface area contributed by atoms with Crippen LogP contribution in [0.4, 0.5) is 5.69 Å². The molecule has 0 aliphatic heterocycles. The molecule has 0 aliphatic carbocycles. The van der Waals surface area contributed by atoms with Crippen LogP contribution in [0.15, 0.2) is 40.9 Å². The molecule has 0 fully saturated rings. The Balaban J connectivity index is 2.13. The molecule has 2 aromatic rings. The summed E-state index contributed by atoms with van der Waals surface area (Å²) in [5.74, 6) is 0. The number of benzene rings is 2. The van der Waals surface area contributed by atoms with Crippen molar-refractivity contribution in [1.29, 1.82) is 0 Å². The highest BCUT2D eigenvalue weighted by atomic mass is 79.9. The Kier molecular flexibility index (Phi) is 4.55. The summed E-state index contributed by atoms with van der Waals surface area (Å²) >= 11 is 15.4. The van der Waals surface area contributed by atoms with E-state index in [9.17, 15) is 0 Å². The summed E-state index contributed by atoms with van der Waals surface area (Å²) in [6.07, 6.45) is 0. The number of hydrogen-bond donors (Lipinski definition) is 1. The third-order valence-electron chi connectivity index (χ3n) is 2.67. The number of nitrogens with one attached hydrogen (secondary N) is 1. The summed E-state index contributed by atoms with van der Waals surface area (Å²) in [4.78, 5) is 0. The fraction of sp³-hybridized carbons (Fsp3) is 0.143. The Morgan fingerprint density at radius 1 is 1.06 bits per heavy atom. The highest BCUT2D eigenvalue weighted by Gasteiger charge is 2.03. The van der Waals surface area contributed by atoms with E-state index < -0.39 is 0 Å². The second-order valence-electron chi connectivity index (χ2n) is 4.05. The monoisotopic (exact) mass is 343 g/mol. The summed E-state index contributed by atoms with van der Waals surface area (Å²) in [5, 5.41) is 4.87. The fourth-order valence-corrected chi connectivity index (χ4v) is 2.50. The molecule has 0 atom stereocenters. The third kappa shape index (κ3) is 3.41. The molecule has 4 heteroatoms. The van der Waals surface area contributed by atoms with E-state index in [1.54, 1.807) is 0 Å². The first-order valence-corrected chi connectivity index (χ1v) is 7.05. The molecule has 0 aromatic heterocycles. The van der Waals surface area contributed by atoms with Gasteiger partial charge in [-0.3, -0.25) is 0 Å². The maximum atomic E-state index is 5.98. The average molecular weight is 345 g/mol. The van der Waals surface area contributed by atoms with Crippen LogP contribution >= 0.6 is 39.1 Å². The molecule has 18 heavy (non-hydrogen) atoms. The molecule has 0 saturated carbocycles. The van der Waals surface area contributed by atoms with Gasteiger partial charge in [-0.05, 0) is 54.4 Å². The van der Waals surface area contributed by atoms with E-state index in [1.165, 1.54) is 0 Å². The van der Waals surface area contributed by atoms with Gasteiger partial charge in [0, 0.05) is 26.8 Å². The SMILES string of the molecule is Cc1cc(Cl)ccc1NCc1cc(Cl)ccc1Br. The van der Waals surface area contributed by atoms with Gasteiger partial charge >= 0.3 is 0 Å². The molecule has 0 unspecified atom stereocenters. The van der Waals surface area contributed by atoms with E-state index in [4.69, 9.17) is 23.2 Å². The van der Waals surface area contributed by atoms with Gasteiger partial charge in [0.25, 0.3) is 0 Å². The lowest BCUT2D eigenvalue weighted by Gasteiger charge is -2.11. The predicted molar refractivity (Wildman–Crippen MR) is 82.7 cm³/mol. The second-order valence-corrected chi connectivity index (χ2v) is 5.78. The molecule has 0 bridgehead atoms. The van der Waals surface area contributed by atoms with Gasteiger partial charge in [-0.2, -0.15) is 0 Å². The molecule has 1 N–H and O–H groups in total. The number of hydrogen-bond acceptors (Lipinski definition) is 1. The summed E-state index contributed by atoms with van der Waals surface area (Å²) < 4.78 is 1.05. The largest absolute Gasteiger partial charge is 0.381 e. The van der Waals surface area contributed by atoms with Gasteiger partial charge in [0.15, 0.2) is 0 Å². The van der Waals surface area contributed by atoms with Crippen molar-refractivity contribution in [2.24, 2.45) is 0 Å². The summed E-state index contributed by atoms with van der Waals surface area (Å²) in [5.41, 5.74) is 3.32. The van der Waals surface area contributed by atoms with E-state index in [0.717, 1.165) is 31.3 Å². The Morgan fingerprint density at radius 2 is 1.72 bits per heavy atom. The molecule has 0 spiro atoms. The molecule has 0 heterocycles. The Morgan fingerprint density at radius 3 is 2.44 bits per heavy atom. The summed E-state index contributed by atoms with van der Waals surface area (Å²) in [6.45, 7) is 2.74. The van der Waals surface area contributed by atoms with Gasteiger partial charge in [0.05, 0.1) is 0 Å². The van der Waals surface area contributed by atoms with Crippen LogP contribution in [0.25, 0.3) is 0 Å². The van der Waals surface area contributed by atoms with E-state index in [2.05, 4.69) is 21.2 Å². The number of aryl methyl sites for hydroxylation is 1. The van der Waals surface area contributed by atoms with Crippen LogP contribution in [0.5, 0.6) is 0 Å². The maximum Gasteiger partial charge on any atom is 0.0412 e. The Labute approximate surface area is 125 Å². The van der Waals surface area contributed by atoms with Crippen molar-refractivity contribution in [2.45, 2.75) is 13.5 Å². The van der Waals surface area contributed by atoms with Gasteiger partial charge < -0.3 is 5.32 Å². The van der Waals surface area contributed by atoms with Crippen LogP contribution in [0.3, 0.4) is 0 Å². The van der Waals surface area contributed by atoms with E-state index in [-0.39, 0.29) is 0 Å². The highest BCUT2D eigenvalue weighted by Crippen LogP contribution is 2.24. The molecular formula is C14H12BrCl2N. The van der Waals surface area contributed by atoms with Crippen LogP contribution in [0.1, 0.15) is 11.1 Å². The van der Waals surface area contributed by atoms with Gasteiger partial charge in [0.2, 0.25) is 0 Å². The molecule has 1 nitrogen and oxygen atoms in total. The van der Waals surface area contributed by atoms with Gasteiger partial charge in [-0.1, -0.05) is 39.1 Å². The van der Waals surface area contributed by atoms with Crippen molar-refractivity contribution in [2.75, 3.05) is 5.32 Å². The first kappa shape index (κ1) is 13.7. The molecule has 0 amide bonds. The van der Waals surface area contributed by atoms with Crippen molar-refractivity contribution in [1.82, 2.24) is 0 Å². The number of anilines is 1. The van der Waals surface area contributed by atoms with Crippen molar-refractivity contribution >= 4 is 44.8 Å². The molecule has 0 radical (unpaired) electrons. The minimum Gasteiger partial charge on any atom is -0.381 e. The molecule has 2 aromatic carbocycles. The van der Waals surface area contributed by atoms with Crippen LogP contribution in [-0.2, 0) is 6.54 Å². The number of halogens is 3. The van der Waals surface area contributed by atoms with E-state index >= 15 is 0 Å². The van der Waals surface area contributed by atoms with Crippen molar-refractivity contribution in [3.05, 3.63) is 62.0 Å². The highest BCUT2D eigenvalue weighted by molar-refractivity contribution is 9.10. The summed E-state index contributed by atoms with van der Waals surface area (Å²) in [6, 6.07) is 11.6. The van der Waals surface area contributed by atoms with Crippen molar-refractivity contribution in [3.8, 4) is 0 Å². The zero-order valence-corrected chi connectivity index (χ0v) is 12.9. The first-order valence-electron chi connectivity index (χ1n) is 5.50. The molecule has 2 rings (SSSR count). The van der Waals surface area contributed by atoms with Gasteiger partial charge in [-0.15, -0.1) is 0 Å². The third-order valence-corrected chi connectivity index (χ3v) is 3.91. The average Bonchev–Trinajstić information content (AvgIpc) is 2.32. The normalized spacial score (nSPS) is 10.4. The van der Waals surface area contributed by atoms with Gasteiger partial charge in [0.1, 0.15) is 0 Å². The smallest absolute Gasteiger partial charge is 0.0412 e.